The number of carbonyl (C=O) groups is 1. The molecule has 6 nitrogen and oxygen atoms in total. The summed E-state index contributed by atoms with van der Waals surface area (Å²) in [5.74, 6) is 0.917. The zero-order valence-corrected chi connectivity index (χ0v) is 15.4. The van der Waals surface area contributed by atoms with Gasteiger partial charge < -0.3 is 9.64 Å². The number of amides is 1. The fraction of sp³-hybridized carbons (Fsp3) is 0.562. The molecule has 0 radical (unpaired) electrons. The highest BCUT2D eigenvalue weighted by molar-refractivity contribution is 7.90. The van der Waals surface area contributed by atoms with Gasteiger partial charge in [0.2, 0.25) is 5.91 Å². The smallest absolute Gasteiger partial charge is 0.226 e. The average molecular weight is 375 g/mol. The lowest BCUT2D eigenvalue weighted by molar-refractivity contribution is -0.133. The van der Waals surface area contributed by atoms with Gasteiger partial charge in [-0.2, -0.15) is 0 Å². The molecule has 0 atom stereocenters. The van der Waals surface area contributed by atoms with E-state index in [-0.39, 0.29) is 11.7 Å². The molecule has 0 N–H and O–H groups in total. The molecule has 1 aliphatic rings. The molecule has 134 valence electrons. The lowest BCUT2D eigenvalue weighted by Crippen LogP contribution is -2.49. The second-order valence-electron chi connectivity index (χ2n) is 5.90. The van der Waals surface area contributed by atoms with Crippen molar-refractivity contribution in [2.45, 2.75) is 6.42 Å². The van der Waals surface area contributed by atoms with Crippen LogP contribution >= 0.6 is 11.6 Å². The summed E-state index contributed by atoms with van der Waals surface area (Å²) in [5, 5.41) is 0.646. The number of hydrogen-bond acceptors (Lipinski definition) is 5. The molecule has 1 aliphatic heterocycles. The van der Waals surface area contributed by atoms with Gasteiger partial charge in [-0.25, -0.2) is 8.42 Å². The summed E-state index contributed by atoms with van der Waals surface area (Å²) in [6.45, 7) is 3.53. The Hall–Kier alpha value is -1.31. The van der Waals surface area contributed by atoms with Crippen molar-refractivity contribution < 1.29 is 17.9 Å². The maximum absolute atomic E-state index is 12.2. The molecule has 8 heteroatoms. The summed E-state index contributed by atoms with van der Waals surface area (Å²) in [4.78, 5) is 16.1. The van der Waals surface area contributed by atoms with Crippen LogP contribution in [0.5, 0.6) is 5.75 Å². The van der Waals surface area contributed by atoms with Gasteiger partial charge in [0, 0.05) is 44.0 Å². The standard InChI is InChI=1S/C16H23ClN2O4S/c1-24(21,22)13-11-18-7-9-19(10-8-18)16(20)6-12-23-15-4-2-14(17)3-5-15/h2-5H,6-13H2,1H3. The molecule has 0 unspecified atom stereocenters. The highest BCUT2D eigenvalue weighted by Crippen LogP contribution is 2.15. The zero-order valence-electron chi connectivity index (χ0n) is 13.8. The minimum Gasteiger partial charge on any atom is -0.493 e. The molecule has 0 aliphatic carbocycles. The molecule has 1 aromatic rings. The molecule has 1 amide bonds. The third-order valence-corrected chi connectivity index (χ3v) is 5.08. The number of rotatable bonds is 7. The van der Waals surface area contributed by atoms with Crippen molar-refractivity contribution in [3.05, 3.63) is 29.3 Å². The normalized spacial score (nSPS) is 16.2. The van der Waals surface area contributed by atoms with Gasteiger partial charge in [0.05, 0.1) is 18.8 Å². The van der Waals surface area contributed by atoms with Gasteiger partial charge in [0.15, 0.2) is 0 Å². The van der Waals surface area contributed by atoms with Crippen LogP contribution in [0.15, 0.2) is 24.3 Å². The first-order valence-corrected chi connectivity index (χ1v) is 10.3. The summed E-state index contributed by atoms with van der Waals surface area (Å²) in [7, 11) is -2.94. The number of ether oxygens (including phenoxy) is 1. The molecule has 1 saturated heterocycles. The first-order chi connectivity index (χ1) is 11.3. The predicted octanol–water partition coefficient (Wildman–Crippen LogP) is 1.30. The monoisotopic (exact) mass is 374 g/mol. The van der Waals surface area contributed by atoms with E-state index >= 15 is 0 Å². The van der Waals surface area contributed by atoms with Crippen LogP contribution in [0.3, 0.4) is 0 Å². The number of carbonyl (C=O) groups excluding carboxylic acids is 1. The Labute approximate surface area is 148 Å². The number of benzene rings is 1. The van der Waals surface area contributed by atoms with E-state index in [2.05, 4.69) is 4.90 Å². The summed E-state index contributed by atoms with van der Waals surface area (Å²) in [6.07, 6.45) is 1.57. The molecular formula is C16H23ClN2O4S. The van der Waals surface area contributed by atoms with Crippen LogP contribution in [-0.2, 0) is 14.6 Å². The molecule has 1 aromatic carbocycles. The van der Waals surface area contributed by atoms with Crippen molar-refractivity contribution in [2.24, 2.45) is 0 Å². The van der Waals surface area contributed by atoms with E-state index in [1.54, 1.807) is 24.3 Å². The first-order valence-electron chi connectivity index (χ1n) is 7.90. The maximum Gasteiger partial charge on any atom is 0.226 e. The van der Waals surface area contributed by atoms with Gasteiger partial charge in [0.1, 0.15) is 15.6 Å². The van der Waals surface area contributed by atoms with Crippen LogP contribution in [0.25, 0.3) is 0 Å². The minimum absolute atomic E-state index is 0.0618. The number of piperazine rings is 1. The topological polar surface area (TPSA) is 66.9 Å². The fourth-order valence-electron chi connectivity index (χ4n) is 2.46. The Morgan fingerprint density at radius 1 is 1.17 bits per heavy atom. The first kappa shape index (κ1) is 19.0. The van der Waals surface area contributed by atoms with Crippen molar-refractivity contribution in [1.82, 2.24) is 9.80 Å². The largest absolute Gasteiger partial charge is 0.493 e. The zero-order chi connectivity index (χ0) is 17.6. The predicted molar refractivity (Wildman–Crippen MR) is 94.3 cm³/mol. The van der Waals surface area contributed by atoms with Crippen molar-refractivity contribution in [2.75, 3.05) is 51.3 Å². The lowest BCUT2D eigenvalue weighted by atomic mass is 10.3. The Kier molecular flexibility index (Phi) is 6.89. The van der Waals surface area contributed by atoms with Crippen molar-refractivity contribution >= 4 is 27.3 Å². The minimum atomic E-state index is -2.94. The SMILES string of the molecule is CS(=O)(=O)CCN1CCN(C(=O)CCOc2ccc(Cl)cc2)CC1. The van der Waals surface area contributed by atoms with Gasteiger partial charge >= 0.3 is 0 Å². The molecule has 0 aromatic heterocycles. The molecule has 0 bridgehead atoms. The van der Waals surface area contributed by atoms with E-state index in [9.17, 15) is 13.2 Å². The number of halogens is 1. The van der Waals surface area contributed by atoms with Crippen molar-refractivity contribution in [1.29, 1.82) is 0 Å². The van der Waals surface area contributed by atoms with E-state index in [1.165, 1.54) is 6.26 Å². The number of hydrogen-bond donors (Lipinski definition) is 0. The summed E-state index contributed by atoms with van der Waals surface area (Å²) < 4.78 is 27.9. The highest BCUT2D eigenvalue weighted by atomic mass is 35.5. The summed E-state index contributed by atoms with van der Waals surface area (Å²) in [6, 6.07) is 7.03. The van der Waals surface area contributed by atoms with Crippen molar-refractivity contribution in [3.8, 4) is 5.75 Å². The molecular weight excluding hydrogens is 352 g/mol. The van der Waals surface area contributed by atoms with Crippen LogP contribution in [0.2, 0.25) is 5.02 Å². The quantitative estimate of drug-likeness (QED) is 0.719. The lowest BCUT2D eigenvalue weighted by Gasteiger charge is -2.34. The summed E-state index contributed by atoms with van der Waals surface area (Å²) in [5.41, 5.74) is 0. The Morgan fingerprint density at radius 2 is 1.79 bits per heavy atom. The molecule has 0 spiro atoms. The van der Waals surface area contributed by atoms with Crippen LogP contribution in [0, 0.1) is 0 Å². The van der Waals surface area contributed by atoms with Gasteiger partial charge in [-0.05, 0) is 24.3 Å². The van der Waals surface area contributed by atoms with E-state index in [0.29, 0.717) is 56.5 Å². The Morgan fingerprint density at radius 3 is 2.38 bits per heavy atom. The van der Waals surface area contributed by atoms with E-state index in [1.807, 2.05) is 4.90 Å². The van der Waals surface area contributed by atoms with Crippen LogP contribution < -0.4 is 4.74 Å². The average Bonchev–Trinajstić information content (AvgIpc) is 2.54. The van der Waals surface area contributed by atoms with Gasteiger partial charge in [-0.15, -0.1) is 0 Å². The number of sulfone groups is 1. The molecule has 24 heavy (non-hydrogen) atoms. The van der Waals surface area contributed by atoms with Gasteiger partial charge in [-0.1, -0.05) is 11.6 Å². The van der Waals surface area contributed by atoms with Crippen LogP contribution in [0.4, 0.5) is 0 Å². The molecule has 2 rings (SSSR count). The van der Waals surface area contributed by atoms with Crippen LogP contribution in [-0.4, -0.2) is 75.5 Å². The van der Waals surface area contributed by atoms with Crippen LogP contribution in [0.1, 0.15) is 6.42 Å². The van der Waals surface area contributed by atoms with E-state index in [4.69, 9.17) is 16.3 Å². The second-order valence-corrected chi connectivity index (χ2v) is 8.60. The maximum atomic E-state index is 12.2. The third-order valence-electron chi connectivity index (χ3n) is 3.90. The fourth-order valence-corrected chi connectivity index (χ4v) is 3.18. The Bertz CT molecular complexity index is 641. The van der Waals surface area contributed by atoms with E-state index in [0.717, 1.165) is 0 Å². The Balaban J connectivity index is 1.66. The van der Waals surface area contributed by atoms with Crippen molar-refractivity contribution in [3.63, 3.8) is 0 Å². The highest BCUT2D eigenvalue weighted by Gasteiger charge is 2.21. The molecule has 1 fully saturated rings. The molecule has 1 heterocycles. The van der Waals surface area contributed by atoms with Gasteiger partial charge in [0.25, 0.3) is 0 Å². The third kappa shape index (κ3) is 6.67. The number of nitrogens with zero attached hydrogens (tertiary/aromatic N) is 2. The molecule has 0 saturated carbocycles. The van der Waals surface area contributed by atoms with E-state index < -0.39 is 9.84 Å². The summed E-state index contributed by atoms with van der Waals surface area (Å²) >= 11 is 5.80. The second kappa shape index (κ2) is 8.69. The van der Waals surface area contributed by atoms with Gasteiger partial charge in [-0.3, -0.25) is 9.69 Å².